The zero-order chi connectivity index (χ0) is 14.8. The number of hydrogen-bond acceptors (Lipinski definition) is 9. The van der Waals surface area contributed by atoms with Gasteiger partial charge in [-0.15, -0.1) is 0 Å². The summed E-state index contributed by atoms with van der Waals surface area (Å²) in [5.74, 6) is 0. The van der Waals surface area contributed by atoms with Gasteiger partial charge in [-0.05, 0) is 17.3 Å². The number of nitro benzene ring substituents is 1. The normalized spacial score (nSPS) is 11.1. The Labute approximate surface area is 117 Å². The molecule has 0 spiro atoms. The Kier molecular flexibility index (Phi) is 3.76. The van der Waals surface area contributed by atoms with Crippen molar-refractivity contribution in [3.63, 3.8) is 0 Å². The number of sulfonamides is 1. The molecule has 0 aliphatic carbocycles. The summed E-state index contributed by atoms with van der Waals surface area (Å²) in [6.45, 7) is 0. The fourth-order valence-corrected chi connectivity index (χ4v) is 2.99. The van der Waals surface area contributed by atoms with Gasteiger partial charge in [-0.25, -0.2) is 8.42 Å². The average molecular weight is 316 g/mol. The summed E-state index contributed by atoms with van der Waals surface area (Å²) in [4.78, 5) is 9.98. The fourth-order valence-electron chi connectivity index (χ4n) is 1.39. The van der Waals surface area contributed by atoms with Crippen molar-refractivity contribution in [1.29, 1.82) is 0 Å². The van der Waals surface area contributed by atoms with Crippen LogP contribution in [0.2, 0.25) is 0 Å². The minimum Gasteiger partial charge on any atom is -0.383 e. The van der Waals surface area contributed by atoms with E-state index in [1.807, 2.05) is 0 Å². The van der Waals surface area contributed by atoms with E-state index in [4.69, 9.17) is 0 Å². The van der Waals surface area contributed by atoms with E-state index in [0.717, 1.165) is 17.6 Å². The molecule has 10 nitrogen and oxygen atoms in total. The number of benzene rings is 1. The second kappa shape index (κ2) is 5.34. The largest absolute Gasteiger partial charge is 0.383 e. The van der Waals surface area contributed by atoms with Gasteiger partial charge < -0.3 is 5.32 Å². The number of nitro groups is 1. The van der Waals surface area contributed by atoms with Crippen molar-refractivity contribution in [2.75, 3.05) is 17.1 Å². The number of nitrogens with one attached hydrogen (secondary N) is 2. The molecule has 2 aromatic rings. The van der Waals surface area contributed by atoms with Gasteiger partial charge in [-0.1, -0.05) is 9.59 Å². The molecule has 2 rings (SSSR count). The van der Waals surface area contributed by atoms with Gasteiger partial charge >= 0.3 is 0 Å². The highest BCUT2D eigenvalue weighted by atomic mass is 32.2. The molecule has 0 saturated carbocycles. The van der Waals surface area contributed by atoms with Gasteiger partial charge in [-0.2, -0.15) is 0 Å². The second-order valence-electron chi connectivity index (χ2n) is 3.46. The molecular weight excluding hydrogens is 308 g/mol. The van der Waals surface area contributed by atoms with Gasteiger partial charge in [0.1, 0.15) is 5.69 Å². The minimum atomic E-state index is -3.98. The van der Waals surface area contributed by atoms with Crippen molar-refractivity contribution >= 4 is 38.1 Å². The molecule has 20 heavy (non-hydrogen) atoms. The summed E-state index contributed by atoms with van der Waals surface area (Å²) in [7, 11) is -2.48. The summed E-state index contributed by atoms with van der Waals surface area (Å²) < 4.78 is 29.6. The molecule has 0 saturated heterocycles. The van der Waals surface area contributed by atoms with Crippen molar-refractivity contribution in [2.45, 2.75) is 4.90 Å². The van der Waals surface area contributed by atoms with Gasteiger partial charge in [0.25, 0.3) is 15.7 Å². The topological polar surface area (TPSA) is 140 Å². The maximum absolute atomic E-state index is 12.0. The highest BCUT2D eigenvalue weighted by Gasteiger charge is 2.22. The van der Waals surface area contributed by atoms with Gasteiger partial charge in [0.2, 0.25) is 5.13 Å². The van der Waals surface area contributed by atoms with Crippen molar-refractivity contribution < 1.29 is 13.3 Å². The maximum Gasteiger partial charge on any atom is 0.293 e. The molecule has 0 bridgehead atoms. The lowest BCUT2D eigenvalue weighted by Gasteiger charge is -2.06. The Hall–Kier alpha value is -2.34. The molecule has 106 valence electrons. The lowest BCUT2D eigenvalue weighted by Crippen LogP contribution is -2.13. The quantitative estimate of drug-likeness (QED) is 0.606. The third kappa shape index (κ3) is 2.80. The van der Waals surface area contributed by atoms with Crippen LogP contribution < -0.4 is 10.0 Å². The Morgan fingerprint density at radius 3 is 2.70 bits per heavy atom. The van der Waals surface area contributed by atoms with E-state index in [-0.39, 0.29) is 21.4 Å². The van der Waals surface area contributed by atoms with Crippen LogP contribution >= 0.6 is 11.5 Å². The number of hydrogen-bond donors (Lipinski definition) is 2. The van der Waals surface area contributed by atoms with E-state index >= 15 is 0 Å². The van der Waals surface area contributed by atoms with Crippen LogP contribution in [0.25, 0.3) is 0 Å². The first-order chi connectivity index (χ1) is 9.44. The van der Waals surface area contributed by atoms with E-state index < -0.39 is 14.9 Å². The fraction of sp³-hybridized carbons (Fsp3) is 0.125. The predicted molar refractivity (Wildman–Crippen MR) is 71.2 cm³/mol. The van der Waals surface area contributed by atoms with E-state index in [0.29, 0.717) is 0 Å². The predicted octanol–water partition coefficient (Wildman–Crippen LogP) is 0.684. The number of aromatic nitrogens is 3. The number of anilines is 2. The SMILES string of the molecule is CNc1ccc(S(=O)(=O)Nc2nnns2)cc1[N+](=O)[O-]. The number of nitrogens with zero attached hydrogens (tertiary/aromatic N) is 4. The Morgan fingerprint density at radius 2 is 2.15 bits per heavy atom. The molecule has 0 radical (unpaired) electrons. The van der Waals surface area contributed by atoms with Crippen LogP contribution in [0.15, 0.2) is 23.1 Å². The monoisotopic (exact) mass is 316 g/mol. The zero-order valence-corrected chi connectivity index (χ0v) is 11.6. The third-order valence-corrected chi connectivity index (χ3v) is 4.24. The molecule has 12 heteroatoms. The first-order valence-electron chi connectivity index (χ1n) is 5.08. The summed E-state index contributed by atoms with van der Waals surface area (Å²) in [5.41, 5.74) is -0.128. The molecule has 0 atom stereocenters. The average Bonchev–Trinajstić information content (AvgIpc) is 2.89. The summed E-state index contributed by atoms with van der Waals surface area (Å²) in [6.07, 6.45) is 0. The number of rotatable bonds is 5. The van der Waals surface area contributed by atoms with Crippen molar-refractivity contribution in [1.82, 2.24) is 14.8 Å². The maximum atomic E-state index is 12.0. The van der Waals surface area contributed by atoms with E-state index in [9.17, 15) is 18.5 Å². The van der Waals surface area contributed by atoms with Gasteiger partial charge in [0, 0.05) is 24.6 Å². The van der Waals surface area contributed by atoms with Crippen LogP contribution in [-0.4, -0.2) is 35.2 Å². The van der Waals surface area contributed by atoms with Crippen molar-refractivity contribution in [3.05, 3.63) is 28.3 Å². The summed E-state index contributed by atoms with van der Waals surface area (Å²) in [6, 6.07) is 3.52. The van der Waals surface area contributed by atoms with Crippen LogP contribution in [0, 0.1) is 10.1 Å². The first-order valence-corrected chi connectivity index (χ1v) is 7.34. The third-order valence-electron chi connectivity index (χ3n) is 2.27. The summed E-state index contributed by atoms with van der Waals surface area (Å²) >= 11 is 0.754. The first kappa shape index (κ1) is 14.1. The molecule has 2 N–H and O–H groups in total. The lowest BCUT2D eigenvalue weighted by atomic mass is 10.3. The Morgan fingerprint density at radius 1 is 1.40 bits per heavy atom. The van der Waals surface area contributed by atoms with Crippen LogP contribution in [-0.2, 0) is 10.0 Å². The molecule has 1 aromatic carbocycles. The van der Waals surface area contributed by atoms with Crippen LogP contribution in [0.3, 0.4) is 0 Å². The minimum absolute atomic E-state index is 0.0228. The lowest BCUT2D eigenvalue weighted by molar-refractivity contribution is -0.384. The molecule has 0 fully saturated rings. The Balaban J connectivity index is 2.42. The van der Waals surface area contributed by atoms with Crippen molar-refractivity contribution in [2.24, 2.45) is 0 Å². The van der Waals surface area contributed by atoms with Gasteiger partial charge in [-0.3, -0.25) is 14.8 Å². The Bertz CT molecular complexity index is 729. The van der Waals surface area contributed by atoms with E-state index in [2.05, 4.69) is 24.8 Å². The smallest absolute Gasteiger partial charge is 0.293 e. The zero-order valence-electron chi connectivity index (χ0n) is 9.97. The molecule has 0 aliphatic rings. The van der Waals surface area contributed by atoms with Gasteiger partial charge in [0.05, 0.1) is 9.82 Å². The molecule has 0 amide bonds. The van der Waals surface area contributed by atoms with Gasteiger partial charge in [0.15, 0.2) is 0 Å². The van der Waals surface area contributed by atoms with Crippen molar-refractivity contribution in [3.8, 4) is 0 Å². The molecule has 0 aliphatic heterocycles. The van der Waals surface area contributed by atoms with E-state index in [1.165, 1.54) is 19.2 Å². The van der Waals surface area contributed by atoms with Crippen LogP contribution in [0.4, 0.5) is 16.5 Å². The molecular formula is C8H8N6O4S2. The summed E-state index contributed by atoms with van der Waals surface area (Å²) in [5, 5.41) is 20.2. The van der Waals surface area contributed by atoms with Crippen LogP contribution in [0.1, 0.15) is 0 Å². The molecule has 1 aromatic heterocycles. The van der Waals surface area contributed by atoms with Crippen LogP contribution in [0.5, 0.6) is 0 Å². The highest BCUT2D eigenvalue weighted by Crippen LogP contribution is 2.28. The molecule has 1 heterocycles. The van der Waals surface area contributed by atoms with E-state index in [1.54, 1.807) is 0 Å². The highest BCUT2D eigenvalue weighted by molar-refractivity contribution is 7.93. The molecule has 0 unspecified atom stereocenters. The second-order valence-corrected chi connectivity index (χ2v) is 5.87. The standard InChI is InChI=1S/C8H8N6O4S2/c1-9-6-3-2-5(4-7(6)14(15)16)20(17,18)11-8-10-12-13-19-8/h2-4,9H,1H3,(H,10,11,13).